The molecule has 25 heavy (non-hydrogen) atoms. The second-order valence-electron chi connectivity index (χ2n) is 6.41. The maximum Gasteiger partial charge on any atom is 0.150 e. The highest BCUT2D eigenvalue weighted by Gasteiger charge is 2.35. The molecule has 4 atom stereocenters. The highest BCUT2D eigenvalue weighted by molar-refractivity contribution is 5.18. The van der Waals surface area contributed by atoms with Gasteiger partial charge in [-0.05, 0) is 24.0 Å². The van der Waals surface area contributed by atoms with Crippen LogP contribution in [0.1, 0.15) is 11.1 Å². The standard InChI is InChI=1S/C20H26N2O3/c21-17(11-15-7-3-1-4-8-15)19-20(25-14-23-13-24-19)18(22)12-16-9-5-2-6-10-16/h1-10,17-20H,11-14,21-22H2/t17?,18?,19-,20-/m0/s1. The van der Waals surface area contributed by atoms with E-state index in [1.165, 1.54) is 11.1 Å². The summed E-state index contributed by atoms with van der Waals surface area (Å²) < 4.78 is 17.0. The first-order valence-electron chi connectivity index (χ1n) is 8.64. The van der Waals surface area contributed by atoms with E-state index in [2.05, 4.69) is 24.3 Å². The number of ether oxygens (including phenoxy) is 3. The monoisotopic (exact) mass is 342 g/mol. The summed E-state index contributed by atoms with van der Waals surface area (Å²) in [6, 6.07) is 19.8. The Morgan fingerprint density at radius 2 is 1.12 bits per heavy atom. The van der Waals surface area contributed by atoms with Gasteiger partial charge < -0.3 is 25.7 Å². The summed E-state index contributed by atoms with van der Waals surface area (Å²) in [5, 5.41) is 0. The minimum Gasteiger partial charge on any atom is -0.348 e. The summed E-state index contributed by atoms with van der Waals surface area (Å²) in [7, 11) is 0. The number of hydrogen-bond acceptors (Lipinski definition) is 5. The Bertz CT molecular complexity index is 568. The van der Waals surface area contributed by atoms with Crippen molar-refractivity contribution >= 4 is 0 Å². The van der Waals surface area contributed by atoms with Crippen molar-refractivity contribution in [2.75, 3.05) is 13.6 Å². The average molecular weight is 342 g/mol. The van der Waals surface area contributed by atoms with E-state index in [9.17, 15) is 0 Å². The molecular formula is C20H26N2O3. The van der Waals surface area contributed by atoms with Crippen LogP contribution in [0.2, 0.25) is 0 Å². The molecule has 2 aromatic carbocycles. The summed E-state index contributed by atoms with van der Waals surface area (Å²) >= 11 is 0. The van der Waals surface area contributed by atoms with Gasteiger partial charge in [-0.2, -0.15) is 0 Å². The van der Waals surface area contributed by atoms with Gasteiger partial charge >= 0.3 is 0 Å². The van der Waals surface area contributed by atoms with Crippen molar-refractivity contribution in [3.63, 3.8) is 0 Å². The fourth-order valence-corrected chi connectivity index (χ4v) is 3.22. The molecule has 0 bridgehead atoms. The predicted molar refractivity (Wildman–Crippen MR) is 96.8 cm³/mol. The molecule has 5 heteroatoms. The van der Waals surface area contributed by atoms with Crippen LogP contribution in [0, 0.1) is 0 Å². The van der Waals surface area contributed by atoms with Gasteiger partial charge in [0.2, 0.25) is 0 Å². The molecule has 0 aliphatic carbocycles. The van der Waals surface area contributed by atoms with Crippen LogP contribution in [0.25, 0.3) is 0 Å². The second-order valence-corrected chi connectivity index (χ2v) is 6.41. The third kappa shape index (κ3) is 5.11. The molecule has 0 saturated carbocycles. The third-order valence-electron chi connectivity index (χ3n) is 4.48. The summed E-state index contributed by atoms with van der Waals surface area (Å²) in [4.78, 5) is 0. The van der Waals surface area contributed by atoms with Crippen LogP contribution in [0.3, 0.4) is 0 Å². The number of hydrogen-bond donors (Lipinski definition) is 2. The quantitative estimate of drug-likeness (QED) is 0.837. The van der Waals surface area contributed by atoms with E-state index in [1.807, 2.05) is 36.4 Å². The van der Waals surface area contributed by atoms with E-state index in [4.69, 9.17) is 25.7 Å². The topological polar surface area (TPSA) is 79.7 Å². The van der Waals surface area contributed by atoms with Crippen molar-refractivity contribution < 1.29 is 14.2 Å². The zero-order valence-electron chi connectivity index (χ0n) is 14.3. The van der Waals surface area contributed by atoms with E-state index >= 15 is 0 Å². The van der Waals surface area contributed by atoms with E-state index in [-0.39, 0.29) is 37.9 Å². The average Bonchev–Trinajstić information content (AvgIpc) is 2.89. The van der Waals surface area contributed by atoms with Crippen LogP contribution < -0.4 is 11.5 Å². The summed E-state index contributed by atoms with van der Waals surface area (Å²) in [6.45, 7) is 0.337. The number of rotatable bonds is 6. The zero-order valence-corrected chi connectivity index (χ0v) is 14.3. The lowest BCUT2D eigenvalue weighted by atomic mass is 9.92. The molecule has 1 heterocycles. The summed E-state index contributed by atoms with van der Waals surface area (Å²) in [6.07, 6.45) is 0.759. The highest BCUT2D eigenvalue weighted by atomic mass is 16.8. The first kappa shape index (κ1) is 18.0. The normalized spacial score (nSPS) is 23.6. The molecule has 0 amide bonds. The molecular weight excluding hydrogens is 316 g/mol. The van der Waals surface area contributed by atoms with Gasteiger partial charge in [-0.25, -0.2) is 0 Å². The maximum absolute atomic E-state index is 6.46. The summed E-state index contributed by atoms with van der Waals surface area (Å²) in [5.74, 6) is 0. The number of nitrogens with two attached hydrogens (primary N) is 2. The van der Waals surface area contributed by atoms with Gasteiger partial charge in [0, 0.05) is 12.1 Å². The van der Waals surface area contributed by atoms with Crippen LogP contribution in [-0.2, 0) is 27.1 Å². The Kier molecular flexibility index (Phi) is 6.55. The van der Waals surface area contributed by atoms with Gasteiger partial charge in [0.25, 0.3) is 0 Å². The molecule has 134 valence electrons. The van der Waals surface area contributed by atoms with Crippen LogP contribution in [-0.4, -0.2) is 37.9 Å². The van der Waals surface area contributed by atoms with Gasteiger partial charge in [-0.1, -0.05) is 60.7 Å². The number of benzene rings is 2. The van der Waals surface area contributed by atoms with Crippen molar-refractivity contribution in [2.24, 2.45) is 11.5 Å². The van der Waals surface area contributed by atoms with Gasteiger partial charge in [-0.3, -0.25) is 0 Å². The Hall–Kier alpha value is -1.76. The lowest BCUT2D eigenvalue weighted by Crippen LogP contribution is -2.54. The second kappa shape index (κ2) is 9.08. The van der Waals surface area contributed by atoms with E-state index in [0.29, 0.717) is 12.8 Å². The van der Waals surface area contributed by atoms with Gasteiger partial charge in [0.05, 0.1) is 0 Å². The summed E-state index contributed by atoms with van der Waals surface area (Å²) in [5.41, 5.74) is 15.2. The SMILES string of the molecule is NC(Cc1ccccc1)[C@@H]1OCOCO[C@H]1C(N)Cc1ccccc1. The molecule has 0 spiro atoms. The van der Waals surface area contributed by atoms with E-state index in [1.54, 1.807) is 0 Å². The smallest absolute Gasteiger partial charge is 0.150 e. The first-order valence-corrected chi connectivity index (χ1v) is 8.64. The van der Waals surface area contributed by atoms with Crippen molar-refractivity contribution in [1.29, 1.82) is 0 Å². The minimum absolute atomic E-state index is 0.168. The molecule has 2 unspecified atom stereocenters. The minimum atomic E-state index is -0.318. The molecule has 1 saturated heterocycles. The van der Waals surface area contributed by atoms with Crippen LogP contribution in [0.15, 0.2) is 60.7 Å². The Morgan fingerprint density at radius 1 is 0.720 bits per heavy atom. The molecule has 1 fully saturated rings. The van der Waals surface area contributed by atoms with E-state index in [0.717, 1.165) is 0 Å². The van der Waals surface area contributed by atoms with Crippen LogP contribution in [0.4, 0.5) is 0 Å². The molecule has 0 radical (unpaired) electrons. The molecule has 1 aliphatic rings. The Labute approximate surface area is 148 Å². The predicted octanol–water partition coefficient (Wildman–Crippen LogP) is 1.84. The van der Waals surface area contributed by atoms with Crippen molar-refractivity contribution in [1.82, 2.24) is 0 Å². The molecule has 2 aromatic rings. The van der Waals surface area contributed by atoms with E-state index < -0.39 is 0 Å². The van der Waals surface area contributed by atoms with Gasteiger partial charge in [0.15, 0.2) is 0 Å². The Balaban J connectivity index is 1.70. The Morgan fingerprint density at radius 3 is 1.52 bits per heavy atom. The largest absolute Gasteiger partial charge is 0.348 e. The maximum atomic E-state index is 6.46. The van der Waals surface area contributed by atoms with Crippen molar-refractivity contribution in [3.8, 4) is 0 Å². The highest BCUT2D eigenvalue weighted by Crippen LogP contribution is 2.19. The van der Waals surface area contributed by atoms with Crippen LogP contribution >= 0.6 is 0 Å². The fraction of sp³-hybridized carbons (Fsp3) is 0.400. The van der Waals surface area contributed by atoms with Crippen molar-refractivity contribution in [2.45, 2.75) is 37.1 Å². The first-order chi connectivity index (χ1) is 12.2. The van der Waals surface area contributed by atoms with Crippen LogP contribution in [0.5, 0.6) is 0 Å². The molecule has 0 aromatic heterocycles. The lowest BCUT2D eigenvalue weighted by Gasteiger charge is -2.32. The van der Waals surface area contributed by atoms with Gasteiger partial charge in [-0.15, -0.1) is 0 Å². The molecule has 5 nitrogen and oxygen atoms in total. The fourth-order valence-electron chi connectivity index (χ4n) is 3.22. The lowest BCUT2D eigenvalue weighted by molar-refractivity contribution is -0.0903. The zero-order chi connectivity index (χ0) is 17.5. The molecule has 4 N–H and O–H groups in total. The molecule has 1 aliphatic heterocycles. The van der Waals surface area contributed by atoms with Gasteiger partial charge in [0.1, 0.15) is 25.8 Å². The third-order valence-corrected chi connectivity index (χ3v) is 4.48. The van der Waals surface area contributed by atoms with Crippen molar-refractivity contribution in [3.05, 3.63) is 71.8 Å². The molecule has 3 rings (SSSR count).